The summed E-state index contributed by atoms with van der Waals surface area (Å²) in [5.41, 5.74) is 1.64. The van der Waals surface area contributed by atoms with Crippen LogP contribution in [0.1, 0.15) is 62.6 Å². The summed E-state index contributed by atoms with van der Waals surface area (Å²) in [6.07, 6.45) is 7.09. The first kappa shape index (κ1) is 24.1. The fraction of sp³-hybridized carbons (Fsp3) is 0.538. The molecule has 0 saturated carbocycles. The smallest absolute Gasteiger partial charge is 0.309 e. The predicted octanol–water partition coefficient (Wildman–Crippen LogP) is 4.28. The zero-order chi connectivity index (χ0) is 24.1. The van der Waals surface area contributed by atoms with E-state index in [1.54, 1.807) is 18.6 Å². The fourth-order valence-electron chi connectivity index (χ4n) is 5.05. The van der Waals surface area contributed by atoms with Crippen molar-refractivity contribution in [3.05, 3.63) is 47.9 Å². The average Bonchev–Trinajstić information content (AvgIpc) is 3.57. The summed E-state index contributed by atoms with van der Waals surface area (Å²) < 4.78 is 16.3. The Morgan fingerprint density at radius 3 is 2.44 bits per heavy atom. The van der Waals surface area contributed by atoms with Crippen molar-refractivity contribution in [3.63, 3.8) is 0 Å². The highest BCUT2D eigenvalue weighted by Crippen LogP contribution is 2.47. The van der Waals surface area contributed by atoms with Crippen molar-refractivity contribution in [2.75, 3.05) is 33.0 Å². The van der Waals surface area contributed by atoms with E-state index in [4.69, 9.17) is 13.9 Å². The van der Waals surface area contributed by atoms with E-state index in [1.807, 2.05) is 28.0 Å². The van der Waals surface area contributed by atoms with Crippen molar-refractivity contribution in [1.82, 2.24) is 9.80 Å². The van der Waals surface area contributed by atoms with E-state index in [0.717, 1.165) is 49.9 Å². The van der Waals surface area contributed by atoms with Gasteiger partial charge in [0.25, 0.3) is 0 Å². The van der Waals surface area contributed by atoms with E-state index in [9.17, 15) is 14.7 Å². The zero-order valence-electron chi connectivity index (χ0n) is 19.9. The van der Waals surface area contributed by atoms with E-state index in [-0.39, 0.29) is 25.2 Å². The van der Waals surface area contributed by atoms with Crippen LogP contribution in [0, 0.1) is 5.92 Å². The van der Waals surface area contributed by atoms with E-state index in [1.165, 1.54) is 0 Å². The molecule has 2 aliphatic rings. The SMILES string of the molecule is CCCCN(CCCC)C(=O)CN1CC(c2ccc3c(c2)OCO3)C(C(=O)O)C1c1ccoc1. The van der Waals surface area contributed by atoms with Crippen LogP contribution in [-0.2, 0) is 9.59 Å². The Hall–Kier alpha value is -3.00. The Morgan fingerprint density at radius 2 is 1.79 bits per heavy atom. The Labute approximate surface area is 200 Å². The molecule has 1 saturated heterocycles. The number of carboxylic acid groups (broad SMARTS) is 1. The first-order valence-corrected chi connectivity index (χ1v) is 12.2. The van der Waals surface area contributed by atoms with Gasteiger partial charge in [-0.15, -0.1) is 0 Å². The summed E-state index contributed by atoms with van der Waals surface area (Å²) in [5, 5.41) is 10.3. The molecular weight excluding hydrogens is 436 g/mol. The summed E-state index contributed by atoms with van der Waals surface area (Å²) in [7, 11) is 0. The fourth-order valence-corrected chi connectivity index (χ4v) is 5.05. The lowest BCUT2D eigenvalue weighted by Gasteiger charge is -2.29. The number of rotatable bonds is 11. The van der Waals surface area contributed by atoms with Crippen LogP contribution in [0.3, 0.4) is 0 Å². The number of furan rings is 1. The molecule has 34 heavy (non-hydrogen) atoms. The summed E-state index contributed by atoms with van der Waals surface area (Å²) >= 11 is 0. The minimum absolute atomic E-state index is 0.0471. The summed E-state index contributed by atoms with van der Waals surface area (Å²) in [5.74, 6) is -0.593. The van der Waals surface area contributed by atoms with Gasteiger partial charge in [0, 0.05) is 31.1 Å². The highest BCUT2D eigenvalue weighted by atomic mass is 16.7. The number of carbonyl (C=O) groups is 2. The second-order valence-corrected chi connectivity index (χ2v) is 9.10. The Balaban J connectivity index is 1.62. The first-order chi connectivity index (χ1) is 16.5. The van der Waals surface area contributed by atoms with E-state index in [2.05, 4.69) is 13.8 Å². The lowest BCUT2D eigenvalue weighted by molar-refractivity contribution is -0.144. The first-order valence-electron chi connectivity index (χ1n) is 12.2. The molecule has 8 heteroatoms. The van der Waals surface area contributed by atoms with Crippen LogP contribution in [-0.4, -0.2) is 59.8 Å². The van der Waals surface area contributed by atoms with E-state index in [0.29, 0.717) is 18.0 Å². The quantitative estimate of drug-likeness (QED) is 0.524. The normalized spacial score (nSPS) is 21.6. The molecule has 3 unspecified atom stereocenters. The highest BCUT2D eigenvalue weighted by molar-refractivity contribution is 5.79. The van der Waals surface area contributed by atoms with Crippen LogP contribution in [0.4, 0.5) is 0 Å². The molecule has 3 atom stereocenters. The number of hydrogen-bond acceptors (Lipinski definition) is 6. The maximum absolute atomic E-state index is 13.4. The van der Waals surface area contributed by atoms with Gasteiger partial charge in [-0.05, 0) is 36.6 Å². The second-order valence-electron chi connectivity index (χ2n) is 9.10. The number of likely N-dealkylation sites (tertiary alicyclic amines) is 1. The monoisotopic (exact) mass is 470 g/mol. The third-order valence-electron chi connectivity index (χ3n) is 6.85. The van der Waals surface area contributed by atoms with Gasteiger partial charge in [-0.25, -0.2) is 0 Å². The van der Waals surface area contributed by atoms with Gasteiger partial charge in [-0.3, -0.25) is 14.5 Å². The van der Waals surface area contributed by atoms with Crippen LogP contribution < -0.4 is 9.47 Å². The minimum atomic E-state index is -0.891. The third-order valence-corrected chi connectivity index (χ3v) is 6.85. The molecule has 0 spiro atoms. The van der Waals surface area contributed by atoms with Gasteiger partial charge in [-0.1, -0.05) is 32.8 Å². The molecule has 3 heterocycles. The van der Waals surface area contributed by atoms with Gasteiger partial charge in [0.05, 0.1) is 31.0 Å². The van der Waals surface area contributed by atoms with Crippen molar-refractivity contribution in [1.29, 1.82) is 0 Å². The molecule has 2 aliphatic heterocycles. The van der Waals surface area contributed by atoms with Crippen molar-refractivity contribution in [2.24, 2.45) is 5.92 Å². The molecule has 4 rings (SSSR count). The maximum Gasteiger partial charge on any atom is 0.309 e. The molecule has 1 fully saturated rings. The topological polar surface area (TPSA) is 92.5 Å². The van der Waals surface area contributed by atoms with Crippen LogP contribution in [0.2, 0.25) is 0 Å². The number of ether oxygens (including phenoxy) is 2. The van der Waals surface area contributed by atoms with Gasteiger partial charge in [-0.2, -0.15) is 0 Å². The van der Waals surface area contributed by atoms with Crippen molar-refractivity contribution in [2.45, 2.75) is 51.5 Å². The second kappa shape index (κ2) is 11.0. The molecule has 0 bridgehead atoms. The highest BCUT2D eigenvalue weighted by Gasteiger charge is 2.48. The number of aliphatic carboxylic acids is 1. The third kappa shape index (κ3) is 5.06. The lowest BCUT2D eigenvalue weighted by Crippen LogP contribution is -2.41. The summed E-state index contributed by atoms with van der Waals surface area (Å²) in [6.45, 7) is 6.48. The number of hydrogen-bond donors (Lipinski definition) is 1. The largest absolute Gasteiger partial charge is 0.481 e. The van der Waals surface area contributed by atoms with Crippen molar-refractivity contribution < 1.29 is 28.6 Å². The standard InChI is InChI=1S/C26H34N2O6/c1-3-5-10-27(11-6-4-2)23(29)15-28-14-20(18-7-8-21-22(13-18)34-17-33-21)24(26(30)31)25(28)19-9-12-32-16-19/h7-9,12-13,16,20,24-25H,3-6,10-11,14-15,17H2,1-2H3,(H,30,31). The average molecular weight is 471 g/mol. The van der Waals surface area contributed by atoms with Gasteiger partial charge in [0.2, 0.25) is 12.7 Å². The van der Waals surface area contributed by atoms with Crippen LogP contribution in [0.5, 0.6) is 11.5 Å². The van der Waals surface area contributed by atoms with Crippen molar-refractivity contribution >= 4 is 11.9 Å². The van der Waals surface area contributed by atoms with Crippen LogP contribution in [0.25, 0.3) is 0 Å². The Morgan fingerprint density at radius 1 is 1.06 bits per heavy atom. The number of benzene rings is 1. The number of nitrogens with zero attached hydrogens (tertiary/aromatic N) is 2. The molecule has 8 nitrogen and oxygen atoms in total. The molecule has 1 aromatic carbocycles. The zero-order valence-corrected chi connectivity index (χ0v) is 19.9. The van der Waals surface area contributed by atoms with Crippen molar-refractivity contribution in [3.8, 4) is 11.5 Å². The summed E-state index contributed by atoms with van der Waals surface area (Å²) in [6, 6.07) is 6.94. The molecule has 2 aromatic rings. The molecule has 0 radical (unpaired) electrons. The van der Waals surface area contributed by atoms with Gasteiger partial charge in [0.1, 0.15) is 0 Å². The summed E-state index contributed by atoms with van der Waals surface area (Å²) in [4.78, 5) is 29.9. The van der Waals surface area contributed by atoms with E-state index >= 15 is 0 Å². The van der Waals surface area contributed by atoms with E-state index < -0.39 is 17.9 Å². The maximum atomic E-state index is 13.4. The molecule has 1 aromatic heterocycles. The minimum Gasteiger partial charge on any atom is -0.481 e. The van der Waals surface area contributed by atoms with Crippen LogP contribution >= 0.6 is 0 Å². The Bertz CT molecular complexity index is 968. The lowest BCUT2D eigenvalue weighted by atomic mass is 9.83. The molecular formula is C26H34N2O6. The van der Waals surface area contributed by atoms with Gasteiger partial charge >= 0.3 is 5.97 Å². The van der Waals surface area contributed by atoms with Gasteiger partial charge in [0.15, 0.2) is 11.5 Å². The molecule has 0 aliphatic carbocycles. The number of carbonyl (C=O) groups excluding carboxylic acids is 1. The van der Waals surface area contributed by atoms with Gasteiger partial charge < -0.3 is 23.9 Å². The number of unbranched alkanes of at least 4 members (excludes halogenated alkanes) is 2. The Kier molecular flexibility index (Phi) is 7.77. The molecule has 1 N–H and O–H groups in total. The number of carboxylic acids is 1. The number of fused-ring (bicyclic) bond motifs is 1. The van der Waals surface area contributed by atoms with Crippen LogP contribution in [0.15, 0.2) is 41.2 Å². The molecule has 184 valence electrons. The molecule has 1 amide bonds. The predicted molar refractivity (Wildman–Crippen MR) is 126 cm³/mol. The number of amides is 1.